The summed E-state index contributed by atoms with van der Waals surface area (Å²) in [6.07, 6.45) is -3.20. The van der Waals surface area contributed by atoms with Gasteiger partial charge in [-0.3, -0.25) is 0 Å². The molecule has 1 aromatic rings. The van der Waals surface area contributed by atoms with Crippen LogP contribution < -0.4 is 0 Å². The van der Waals surface area contributed by atoms with Gasteiger partial charge < -0.3 is 4.52 Å². The Morgan fingerprint density at radius 2 is 1.95 bits per heavy atom. The van der Waals surface area contributed by atoms with Crippen molar-refractivity contribution in [2.75, 3.05) is 0 Å². The second kappa shape index (κ2) is 3.52. The predicted octanol–water partition coefficient (Wildman–Crippen LogP) is 3.81. The van der Waals surface area contributed by atoms with Gasteiger partial charge in [-0.1, -0.05) is 32.3 Å². The summed E-state index contributed by atoms with van der Waals surface area (Å²) in [7, 11) is 0. The van der Waals surface area contributed by atoms with Crippen molar-refractivity contribution in [3.8, 4) is 0 Å². The fraction of sp³-hybridized carbons (Fsp3) is 0.846. The number of halogens is 3. The molecule has 0 aliphatic heterocycles. The van der Waals surface area contributed by atoms with E-state index in [1.54, 1.807) is 0 Å². The summed E-state index contributed by atoms with van der Waals surface area (Å²) in [5, 5.41) is 3.81. The molecule has 6 heteroatoms. The van der Waals surface area contributed by atoms with Gasteiger partial charge in [-0.2, -0.15) is 18.2 Å². The monoisotopic (exact) mass is 274 g/mol. The molecule has 0 bridgehead atoms. The molecule has 2 atom stereocenters. The minimum atomic E-state index is -4.29. The maximum atomic E-state index is 13.0. The molecule has 0 radical (unpaired) electrons. The van der Waals surface area contributed by atoms with Crippen molar-refractivity contribution in [1.29, 1.82) is 0 Å². The van der Waals surface area contributed by atoms with E-state index in [4.69, 9.17) is 4.52 Å². The van der Waals surface area contributed by atoms with Gasteiger partial charge in [0.05, 0.1) is 0 Å². The van der Waals surface area contributed by atoms with Crippen LogP contribution >= 0.6 is 0 Å². The Morgan fingerprint density at radius 1 is 1.32 bits per heavy atom. The van der Waals surface area contributed by atoms with Crippen molar-refractivity contribution >= 4 is 0 Å². The number of hydrogen-bond donors (Lipinski definition) is 0. The van der Waals surface area contributed by atoms with Gasteiger partial charge in [0.15, 0.2) is 5.82 Å². The molecule has 0 unspecified atom stereocenters. The molecule has 1 aromatic heterocycles. The van der Waals surface area contributed by atoms with Gasteiger partial charge in [0.2, 0.25) is 5.89 Å². The number of hydrogen-bond acceptors (Lipinski definition) is 3. The Hall–Kier alpha value is -1.07. The number of rotatable bonds is 3. The van der Waals surface area contributed by atoms with E-state index < -0.39 is 11.6 Å². The molecule has 0 spiro atoms. The normalized spacial score (nSPS) is 31.3. The topological polar surface area (TPSA) is 38.9 Å². The molecular formula is C13H17F3N2O. The zero-order valence-corrected chi connectivity index (χ0v) is 11.2. The maximum absolute atomic E-state index is 13.0. The minimum Gasteiger partial charge on any atom is -0.338 e. The Balaban J connectivity index is 1.86. The van der Waals surface area contributed by atoms with Crippen LogP contribution in [-0.2, 0) is 5.41 Å². The van der Waals surface area contributed by atoms with Gasteiger partial charge in [0.25, 0.3) is 0 Å². The fourth-order valence-corrected chi connectivity index (χ4v) is 3.32. The van der Waals surface area contributed by atoms with Crippen molar-refractivity contribution in [1.82, 2.24) is 10.1 Å². The molecule has 0 aromatic carbocycles. The quantitative estimate of drug-likeness (QED) is 0.841. The summed E-state index contributed by atoms with van der Waals surface area (Å²) in [6, 6.07) is 0. The largest absolute Gasteiger partial charge is 0.403 e. The summed E-state index contributed by atoms with van der Waals surface area (Å²) in [4.78, 5) is 4.07. The third-order valence-corrected chi connectivity index (χ3v) is 4.91. The van der Waals surface area contributed by atoms with E-state index in [2.05, 4.69) is 30.9 Å². The molecule has 106 valence electrons. The lowest BCUT2D eigenvalue weighted by Crippen LogP contribution is -2.29. The summed E-state index contributed by atoms with van der Waals surface area (Å²) in [5.74, 6) is 0.757. The van der Waals surface area contributed by atoms with E-state index in [1.165, 1.54) is 0 Å². The van der Waals surface area contributed by atoms with E-state index >= 15 is 0 Å². The van der Waals surface area contributed by atoms with E-state index in [9.17, 15) is 13.2 Å². The lowest BCUT2D eigenvalue weighted by molar-refractivity contribution is -0.166. The molecule has 2 fully saturated rings. The molecule has 2 saturated carbocycles. The average molecular weight is 274 g/mol. The van der Waals surface area contributed by atoms with E-state index in [0.29, 0.717) is 11.7 Å². The second-order valence-corrected chi connectivity index (χ2v) is 6.35. The molecule has 2 aliphatic carbocycles. The highest BCUT2D eigenvalue weighted by molar-refractivity contribution is 5.24. The van der Waals surface area contributed by atoms with E-state index in [1.807, 2.05) is 0 Å². The molecule has 0 amide bonds. The van der Waals surface area contributed by atoms with Crippen molar-refractivity contribution in [3.63, 3.8) is 0 Å². The summed E-state index contributed by atoms with van der Waals surface area (Å²) >= 11 is 0. The van der Waals surface area contributed by atoms with Gasteiger partial charge in [-0.25, -0.2) is 0 Å². The highest BCUT2D eigenvalue weighted by atomic mass is 19.4. The summed E-state index contributed by atoms with van der Waals surface area (Å²) in [6.45, 7) is 6.27. The Kier molecular flexibility index (Phi) is 2.40. The molecule has 0 N–H and O–H groups in total. The standard InChI is InChI=1S/C13H17F3N2O/c1-4-7-8(11(7,2)3)9-17-10(19-18-9)12(5-6-12)13(14,15)16/h7-8H,4-6H2,1-3H3/t7-,8+/m1/s1. The Bertz CT molecular complexity index is 502. The lowest BCUT2D eigenvalue weighted by Gasteiger charge is -2.13. The van der Waals surface area contributed by atoms with Crippen molar-refractivity contribution in [3.05, 3.63) is 11.7 Å². The van der Waals surface area contributed by atoms with Gasteiger partial charge in [-0.15, -0.1) is 0 Å². The zero-order valence-electron chi connectivity index (χ0n) is 11.2. The first kappa shape index (κ1) is 12.9. The van der Waals surface area contributed by atoms with Gasteiger partial charge in [-0.05, 0) is 24.2 Å². The molecule has 2 aliphatic rings. The van der Waals surface area contributed by atoms with Crippen LogP contribution in [0.25, 0.3) is 0 Å². The van der Waals surface area contributed by atoms with Gasteiger partial charge >= 0.3 is 6.18 Å². The molecule has 19 heavy (non-hydrogen) atoms. The van der Waals surface area contributed by atoms with Crippen molar-refractivity contribution in [2.45, 2.75) is 57.5 Å². The third kappa shape index (κ3) is 1.64. The first-order valence-corrected chi connectivity index (χ1v) is 6.65. The number of nitrogens with zero attached hydrogens (tertiary/aromatic N) is 2. The van der Waals surface area contributed by atoms with Crippen LogP contribution in [0.2, 0.25) is 0 Å². The average Bonchev–Trinajstić information content (AvgIpc) is 3.14. The highest BCUT2D eigenvalue weighted by Gasteiger charge is 2.69. The van der Waals surface area contributed by atoms with Gasteiger partial charge in [0, 0.05) is 5.92 Å². The Morgan fingerprint density at radius 3 is 2.37 bits per heavy atom. The molecule has 3 nitrogen and oxygen atoms in total. The van der Waals surface area contributed by atoms with Crippen LogP contribution in [0.5, 0.6) is 0 Å². The predicted molar refractivity (Wildman–Crippen MR) is 61.6 cm³/mol. The van der Waals surface area contributed by atoms with Crippen LogP contribution in [0.15, 0.2) is 4.52 Å². The first-order chi connectivity index (χ1) is 8.74. The molecular weight excluding hydrogens is 257 g/mol. The highest BCUT2D eigenvalue weighted by Crippen LogP contribution is 2.65. The summed E-state index contributed by atoms with van der Waals surface area (Å²) < 4.78 is 43.8. The van der Waals surface area contributed by atoms with Crippen LogP contribution in [0, 0.1) is 11.3 Å². The maximum Gasteiger partial charge on any atom is 0.403 e. The first-order valence-electron chi connectivity index (χ1n) is 6.65. The van der Waals surface area contributed by atoms with Crippen LogP contribution in [0.4, 0.5) is 13.2 Å². The number of aromatic nitrogens is 2. The zero-order chi connectivity index (χ0) is 14.1. The smallest absolute Gasteiger partial charge is 0.338 e. The lowest BCUT2D eigenvalue weighted by atomic mass is 10.1. The van der Waals surface area contributed by atoms with Crippen LogP contribution in [0.1, 0.15) is 57.7 Å². The van der Waals surface area contributed by atoms with Crippen molar-refractivity contribution in [2.24, 2.45) is 11.3 Å². The second-order valence-electron chi connectivity index (χ2n) is 6.35. The SMILES string of the molecule is CC[C@@H]1[C@@H](c2noc(C3(C(F)(F)F)CC3)n2)C1(C)C. The molecule has 1 heterocycles. The fourth-order valence-electron chi connectivity index (χ4n) is 3.32. The van der Waals surface area contributed by atoms with E-state index in [-0.39, 0.29) is 30.1 Å². The van der Waals surface area contributed by atoms with E-state index in [0.717, 1.165) is 6.42 Å². The third-order valence-electron chi connectivity index (χ3n) is 4.91. The number of alkyl halides is 3. The van der Waals surface area contributed by atoms with Gasteiger partial charge in [0.1, 0.15) is 5.41 Å². The van der Waals surface area contributed by atoms with Crippen LogP contribution in [0.3, 0.4) is 0 Å². The van der Waals surface area contributed by atoms with Crippen LogP contribution in [-0.4, -0.2) is 16.3 Å². The minimum absolute atomic E-state index is 0.0589. The Labute approximate surface area is 109 Å². The molecule has 3 rings (SSSR count). The molecule has 0 saturated heterocycles. The summed E-state index contributed by atoms with van der Waals surface area (Å²) in [5.41, 5.74) is -1.80. The van der Waals surface area contributed by atoms with Crippen molar-refractivity contribution < 1.29 is 17.7 Å².